The zero-order valence-corrected chi connectivity index (χ0v) is 11.7. The molecule has 6 nitrogen and oxygen atoms in total. The van der Waals surface area contributed by atoms with Gasteiger partial charge in [-0.1, -0.05) is 0 Å². The van der Waals surface area contributed by atoms with Crippen LogP contribution >= 0.6 is 0 Å². The van der Waals surface area contributed by atoms with Crippen molar-refractivity contribution in [3.05, 3.63) is 48.1 Å². The maximum atomic E-state index is 13.8. The van der Waals surface area contributed by atoms with E-state index in [0.717, 1.165) is 12.0 Å². The fourth-order valence-electron chi connectivity index (χ4n) is 2.58. The van der Waals surface area contributed by atoms with E-state index in [2.05, 4.69) is 15.3 Å². The fourth-order valence-corrected chi connectivity index (χ4v) is 2.58. The van der Waals surface area contributed by atoms with E-state index in [-0.39, 0.29) is 17.5 Å². The molecule has 1 aliphatic rings. The lowest BCUT2D eigenvalue weighted by Crippen LogP contribution is -2.49. The summed E-state index contributed by atoms with van der Waals surface area (Å²) >= 11 is 0. The van der Waals surface area contributed by atoms with E-state index in [0.29, 0.717) is 19.6 Å². The summed E-state index contributed by atoms with van der Waals surface area (Å²) in [7, 11) is 1.88. The highest BCUT2D eigenvalue weighted by Crippen LogP contribution is 2.23. The van der Waals surface area contributed by atoms with Crippen LogP contribution < -0.4 is 5.32 Å². The van der Waals surface area contributed by atoms with E-state index in [1.807, 2.05) is 17.8 Å². The van der Waals surface area contributed by atoms with Crippen LogP contribution in [0.1, 0.15) is 22.2 Å². The van der Waals surface area contributed by atoms with Gasteiger partial charge in [-0.15, -0.1) is 0 Å². The Morgan fingerprint density at radius 2 is 2.33 bits per heavy atom. The molecule has 0 spiro atoms. The van der Waals surface area contributed by atoms with Gasteiger partial charge in [-0.05, 0) is 6.07 Å². The van der Waals surface area contributed by atoms with Gasteiger partial charge in [0.2, 0.25) is 0 Å². The predicted molar refractivity (Wildman–Crippen MR) is 74.1 cm³/mol. The lowest BCUT2D eigenvalue weighted by atomic mass is 10.1. The second-order valence-corrected chi connectivity index (χ2v) is 4.97. The summed E-state index contributed by atoms with van der Waals surface area (Å²) in [5.74, 6) is -0.144. The number of hydrogen-bond donors (Lipinski definition) is 1. The molecule has 1 unspecified atom stereocenters. The van der Waals surface area contributed by atoms with Crippen molar-refractivity contribution >= 4 is 5.91 Å². The SMILES string of the molecule is Cn1ccnc1C1CNCCN1C(=O)c1ccncc1F. The maximum Gasteiger partial charge on any atom is 0.257 e. The summed E-state index contributed by atoms with van der Waals surface area (Å²) in [6.07, 6.45) is 6.01. The summed E-state index contributed by atoms with van der Waals surface area (Å²) in [4.78, 5) is 22.3. The van der Waals surface area contributed by atoms with Crippen LogP contribution in [0.3, 0.4) is 0 Å². The smallest absolute Gasteiger partial charge is 0.257 e. The van der Waals surface area contributed by atoms with Crippen molar-refractivity contribution in [3.8, 4) is 0 Å². The highest BCUT2D eigenvalue weighted by Gasteiger charge is 2.32. The van der Waals surface area contributed by atoms with Crippen molar-refractivity contribution in [1.29, 1.82) is 0 Å². The third-order valence-corrected chi connectivity index (χ3v) is 3.66. The Hall–Kier alpha value is -2.28. The van der Waals surface area contributed by atoms with Gasteiger partial charge in [0.25, 0.3) is 5.91 Å². The van der Waals surface area contributed by atoms with Crippen LogP contribution in [0.2, 0.25) is 0 Å². The van der Waals surface area contributed by atoms with E-state index in [1.54, 1.807) is 11.1 Å². The molecule has 2 aromatic rings. The van der Waals surface area contributed by atoms with Crippen molar-refractivity contribution in [3.63, 3.8) is 0 Å². The number of imidazole rings is 1. The lowest BCUT2D eigenvalue weighted by molar-refractivity contribution is 0.0616. The number of aromatic nitrogens is 3. The molecule has 3 heterocycles. The molecule has 0 radical (unpaired) electrons. The zero-order valence-electron chi connectivity index (χ0n) is 11.7. The van der Waals surface area contributed by atoms with E-state index < -0.39 is 5.82 Å². The number of carbonyl (C=O) groups excluding carboxylic acids is 1. The van der Waals surface area contributed by atoms with Gasteiger partial charge in [0.05, 0.1) is 11.8 Å². The molecule has 3 rings (SSSR count). The molecule has 1 saturated heterocycles. The molecular formula is C14H16FN5O. The van der Waals surface area contributed by atoms with Gasteiger partial charge >= 0.3 is 0 Å². The Kier molecular flexibility index (Phi) is 3.66. The van der Waals surface area contributed by atoms with Gasteiger partial charge in [0.1, 0.15) is 11.9 Å². The molecule has 0 saturated carbocycles. The molecule has 2 aromatic heterocycles. The van der Waals surface area contributed by atoms with E-state index >= 15 is 0 Å². The molecule has 0 aromatic carbocycles. The lowest BCUT2D eigenvalue weighted by Gasteiger charge is -2.35. The molecule has 7 heteroatoms. The van der Waals surface area contributed by atoms with Crippen LogP contribution in [-0.2, 0) is 7.05 Å². The number of amides is 1. The minimum atomic E-state index is -0.598. The first-order valence-corrected chi connectivity index (χ1v) is 6.77. The molecule has 1 fully saturated rings. The predicted octanol–water partition coefficient (Wildman–Crippen LogP) is 0.741. The summed E-state index contributed by atoms with van der Waals surface area (Å²) in [6.45, 7) is 1.79. The minimum Gasteiger partial charge on any atom is -0.336 e. The van der Waals surface area contributed by atoms with Crippen LogP contribution in [0.5, 0.6) is 0 Å². The number of rotatable bonds is 2. The number of nitrogens with one attached hydrogen (secondary N) is 1. The Morgan fingerprint density at radius 1 is 1.48 bits per heavy atom. The van der Waals surface area contributed by atoms with E-state index in [1.165, 1.54) is 12.3 Å². The molecule has 1 N–H and O–H groups in total. The summed E-state index contributed by atoms with van der Waals surface area (Å²) < 4.78 is 15.7. The Balaban J connectivity index is 1.93. The Labute approximate surface area is 121 Å². The quantitative estimate of drug-likeness (QED) is 0.886. The highest BCUT2D eigenvalue weighted by atomic mass is 19.1. The van der Waals surface area contributed by atoms with Crippen molar-refractivity contribution in [2.45, 2.75) is 6.04 Å². The largest absolute Gasteiger partial charge is 0.336 e. The van der Waals surface area contributed by atoms with Crippen molar-refractivity contribution in [2.24, 2.45) is 7.05 Å². The average molecular weight is 289 g/mol. The monoisotopic (exact) mass is 289 g/mol. The van der Waals surface area contributed by atoms with Gasteiger partial charge in [0.15, 0.2) is 5.82 Å². The zero-order chi connectivity index (χ0) is 14.8. The average Bonchev–Trinajstić information content (AvgIpc) is 2.93. The normalized spacial score (nSPS) is 18.8. The van der Waals surface area contributed by atoms with Gasteiger partial charge in [-0.2, -0.15) is 0 Å². The molecule has 0 bridgehead atoms. The van der Waals surface area contributed by atoms with Crippen molar-refractivity contribution < 1.29 is 9.18 Å². The van der Waals surface area contributed by atoms with Crippen LogP contribution in [-0.4, -0.2) is 45.0 Å². The van der Waals surface area contributed by atoms with Gasteiger partial charge in [-0.25, -0.2) is 9.37 Å². The first kappa shape index (κ1) is 13.7. The number of nitrogens with zero attached hydrogens (tertiary/aromatic N) is 4. The first-order chi connectivity index (χ1) is 10.2. The van der Waals surface area contributed by atoms with Crippen LogP contribution in [0.25, 0.3) is 0 Å². The molecule has 1 aliphatic heterocycles. The van der Waals surface area contributed by atoms with Gasteiger partial charge < -0.3 is 14.8 Å². The van der Waals surface area contributed by atoms with Crippen LogP contribution in [0.15, 0.2) is 30.9 Å². The molecule has 110 valence electrons. The second kappa shape index (κ2) is 5.61. The minimum absolute atomic E-state index is 0.0473. The summed E-state index contributed by atoms with van der Waals surface area (Å²) in [5, 5.41) is 3.25. The van der Waals surface area contributed by atoms with Gasteiger partial charge in [0, 0.05) is 45.3 Å². The molecule has 1 amide bonds. The molecule has 0 aliphatic carbocycles. The fraction of sp³-hybridized carbons (Fsp3) is 0.357. The second-order valence-electron chi connectivity index (χ2n) is 4.97. The molecule has 21 heavy (non-hydrogen) atoms. The topological polar surface area (TPSA) is 63.1 Å². The standard InChI is InChI=1S/C14H16FN5O/c1-19-6-5-18-13(19)12-9-17-4-7-20(12)14(21)10-2-3-16-8-11(10)15/h2-3,5-6,8,12,17H,4,7,9H2,1H3. The first-order valence-electron chi connectivity index (χ1n) is 6.77. The highest BCUT2D eigenvalue weighted by molar-refractivity contribution is 5.94. The number of aryl methyl sites for hydroxylation is 1. The van der Waals surface area contributed by atoms with Crippen LogP contribution in [0, 0.1) is 5.82 Å². The third-order valence-electron chi connectivity index (χ3n) is 3.66. The maximum absolute atomic E-state index is 13.8. The number of piperazine rings is 1. The number of hydrogen-bond acceptors (Lipinski definition) is 4. The van der Waals surface area contributed by atoms with Crippen LogP contribution in [0.4, 0.5) is 4.39 Å². The number of pyridine rings is 1. The third kappa shape index (κ3) is 2.52. The van der Waals surface area contributed by atoms with E-state index in [9.17, 15) is 9.18 Å². The Morgan fingerprint density at radius 3 is 3.05 bits per heavy atom. The van der Waals surface area contributed by atoms with Crippen molar-refractivity contribution in [1.82, 2.24) is 24.8 Å². The summed E-state index contributed by atoms with van der Waals surface area (Å²) in [5.41, 5.74) is 0.0473. The Bertz CT molecular complexity index is 656. The number of halogens is 1. The van der Waals surface area contributed by atoms with Crippen molar-refractivity contribution in [2.75, 3.05) is 19.6 Å². The van der Waals surface area contributed by atoms with Gasteiger partial charge in [-0.3, -0.25) is 9.78 Å². The number of carbonyl (C=O) groups is 1. The molecular weight excluding hydrogens is 273 g/mol. The molecule has 1 atom stereocenters. The summed E-state index contributed by atoms with van der Waals surface area (Å²) in [6, 6.07) is 1.20. The van der Waals surface area contributed by atoms with E-state index in [4.69, 9.17) is 0 Å².